The molecule has 1 aliphatic rings. The molecular formula is C20H28N4O4. The predicted octanol–water partition coefficient (Wildman–Crippen LogP) is 1.81. The summed E-state index contributed by atoms with van der Waals surface area (Å²) in [5.74, 6) is -0.972. The molecule has 1 amide bonds. The van der Waals surface area contributed by atoms with E-state index >= 15 is 0 Å². The highest BCUT2D eigenvalue weighted by Crippen LogP contribution is 2.26. The van der Waals surface area contributed by atoms with Gasteiger partial charge in [-0.25, -0.2) is 0 Å². The van der Waals surface area contributed by atoms with Crippen molar-refractivity contribution in [2.24, 2.45) is 22.2 Å². The summed E-state index contributed by atoms with van der Waals surface area (Å²) in [7, 11) is 1.34. The number of amides is 1. The van der Waals surface area contributed by atoms with E-state index in [-0.39, 0.29) is 42.2 Å². The van der Waals surface area contributed by atoms with E-state index < -0.39 is 5.92 Å². The molecule has 1 aliphatic heterocycles. The van der Waals surface area contributed by atoms with Crippen molar-refractivity contribution in [3.05, 3.63) is 35.4 Å². The third kappa shape index (κ3) is 5.55. The normalized spacial score (nSPS) is 17.3. The largest absolute Gasteiger partial charge is 0.469 e. The fraction of sp³-hybridized carbons (Fsp3) is 0.500. The smallest absolute Gasteiger partial charge is 0.310 e. The average Bonchev–Trinajstić information content (AvgIpc) is 3.08. The minimum Gasteiger partial charge on any atom is -0.469 e. The lowest BCUT2D eigenvalue weighted by atomic mass is 9.80. The van der Waals surface area contributed by atoms with Gasteiger partial charge in [0.15, 0.2) is 0 Å². The minimum atomic E-state index is -0.433. The zero-order chi connectivity index (χ0) is 20.9. The van der Waals surface area contributed by atoms with E-state index in [1.165, 1.54) is 7.11 Å². The number of nitrogens with zero attached hydrogens (tertiary/aromatic N) is 1. The Morgan fingerprint density at radius 2 is 2.00 bits per heavy atom. The van der Waals surface area contributed by atoms with Crippen molar-refractivity contribution in [2.75, 3.05) is 13.7 Å². The molecule has 4 N–H and O–H groups in total. The number of nitrogen functional groups attached to an aromatic ring is 1. The Balaban J connectivity index is 1.86. The molecule has 2 rings (SSSR count). The van der Waals surface area contributed by atoms with Crippen molar-refractivity contribution in [1.29, 1.82) is 5.41 Å². The standard InChI is InChI=1S/C20H28N4O4/c1-20(2,3)15(19(26)27-4)11-23-17(25)10-14-9-16(24-28-14)12-5-7-13(8-6-12)18(21)22/h5-8,14-15H,9-11H2,1-4H3,(H3,21,22)(H,23,25). The van der Waals surface area contributed by atoms with Gasteiger partial charge < -0.3 is 20.6 Å². The van der Waals surface area contributed by atoms with Gasteiger partial charge >= 0.3 is 5.97 Å². The Labute approximate surface area is 165 Å². The van der Waals surface area contributed by atoms with Crippen molar-refractivity contribution < 1.29 is 19.2 Å². The van der Waals surface area contributed by atoms with Gasteiger partial charge in [-0.1, -0.05) is 50.2 Å². The molecule has 0 aromatic heterocycles. The maximum absolute atomic E-state index is 12.3. The molecule has 28 heavy (non-hydrogen) atoms. The van der Waals surface area contributed by atoms with Crippen molar-refractivity contribution in [2.45, 2.75) is 39.7 Å². The number of benzene rings is 1. The second-order valence-electron chi connectivity index (χ2n) is 7.91. The van der Waals surface area contributed by atoms with Crippen LogP contribution in [0.3, 0.4) is 0 Å². The van der Waals surface area contributed by atoms with Crippen LogP contribution in [0.4, 0.5) is 0 Å². The number of amidine groups is 1. The molecule has 1 aromatic carbocycles. The van der Waals surface area contributed by atoms with Gasteiger partial charge in [0.1, 0.15) is 11.9 Å². The monoisotopic (exact) mass is 388 g/mol. The molecule has 0 bridgehead atoms. The van der Waals surface area contributed by atoms with Crippen LogP contribution in [0.25, 0.3) is 0 Å². The predicted molar refractivity (Wildman–Crippen MR) is 106 cm³/mol. The summed E-state index contributed by atoms with van der Waals surface area (Å²) >= 11 is 0. The fourth-order valence-corrected chi connectivity index (χ4v) is 2.93. The lowest BCUT2D eigenvalue weighted by Gasteiger charge is -2.28. The minimum absolute atomic E-state index is 0.00576. The fourth-order valence-electron chi connectivity index (χ4n) is 2.93. The van der Waals surface area contributed by atoms with Crippen LogP contribution in [0, 0.1) is 16.7 Å². The van der Waals surface area contributed by atoms with E-state index in [9.17, 15) is 9.59 Å². The van der Waals surface area contributed by atoms with Crippen LogP contribution in [0.1, 0.15) is 44.7 Å². The number of hydrogen-bond donors (Lipinski definition) is 3. The van der Waals surface area contributed by atoms with Gasteiger partial charge in [-0.2, -0.15) is 0 Å². The maximum atomic E-state index is 12.3. The first-order valence-corrected chi connectivity index (χ1v) is 9.14. The number of esters is 1. The van der Waals surface area contributed by atoms with Gasteiger partial charge in [0.25, 0.3) is 0 Å². The van der Waals surface area contributed by atoms with Crippen molar-refractivity contribution in [3.63, 3.8) is 0 Å². The van der Waals surface area contributed by atoms with Gasteiger partial charge in [-0.05, 0) is 11.0 Å². The van der Waals surface area contributed by atoms with Gasteiger partial charge in [0.05, 0.1) is 25.2 Å². The van der Waals surface area contributed by atoms with Crippen LogP contribution in [-0.2, 0) is 19.2 Å². The Hall–Kier alpha value is -2.90. The first kappa shape index (κ1) is 21.4. The van der Waals surface area contributed by atoms with Crippen molar-refractivity contribution >= 4 is 23.4 Å². The number of hydrogen-bond acceptors (Lipinski definition) is 6. The van der Waals surface area contributed by atoms with E-state index in [4.69, 9.17) is 20.7 Å². The molecule has 0 aliphatic carbocycles. The molecule has 0 radical (unpaired) electrons. The summed E-state index contributed by atoms with van der Waals surface area (Å²) < 4.78 is 4.84. The number of nitrogens with one attached hydrogen (secondary N) is 2. The quantitative estimate of drug-likeness (QED) is 0.373. The molecular weight excluding hydrogens is 360 g/mol. The molecule has 152 valence electrons. The van der Waals surface area contributed by atoms with Crippen LogP contribution in [-0.4, -0.2) is 43.2 Å². The molecule has 8 nitrogen and oxygen atoms in total. The molecule has 0 spiro atoms. The van der Waals surface area contributed by atoms with Gasteiger partial charge in [0, 0.05) is 18.5 Å². The second-order valence-corrected chi connectivity index (χ2v) is 7.91. The molecule has 0 saturated carbocycles. The van der Waals surface area contributed by atoms with Crippen LogP contribution in [0.15, 0.2) is 29.4 Å². The zero-order valence-electron chi connectivity index (χ0n) is 16.7. The zero-order valence-corrected chi connectivity index (χ0v) is 16.7. The van der Waals surface area contributed by atoms with Gasteiger partial charge in [-0.3, -0.25) is 15.0 Å². The second kappa shape index (κ2) is 8.86. The summed E-state index contributed by atoms with van der Waals surface area (Å²) in [6.45, 7) is 6.00. The number of rotatable bonds is 7. The average molecular weight is 388 g/mol. The highest BCUT2D eigenvalue weighted by Gasteiger charge is 2.33. The summed E-state index contributed by atoms with van der Waals surface area (Å²) in [6.07, 6.45) is 0.303. The maximum Gasteiger partial charge on any atom is 0.310 e. The van der Waals surface area contributed by atoms with Gasteiger partial charge in [0.2, 0.25) is 5.91 Å². The summed E-state index contributed by atoms with van der Waals surface area (Å²) in [5.41, 5.74) is 7.38. The molecule has 2 atom stereocenters. The Bertz CT molecular complexity index is 765. The summed E-state index contributed by atoms with van der Waals surface area (Å²) in [4.78, 5) is 29.6. The Kier molecular flexibility index (Phi) is 6.77. The van der Waals surface area contributed by atoms with Crippen LogP contribution >= 0.6 is 0 Å². The molecule has 2 unspecified atom stereocenters. The van der Waals surface area contributed by atoms with Crippen molar-refractivity contribution in [3.8, 4) is 0 Å². The van der Waals surface area contributed by atoms with Crippen LogP contribution in [0.5, 0.6) is 0 Å². The van der Waals surface area contributed by atoms with E-state index in [2.05, 4.69) is 10.5 Å². The third-order valence-corrected chi connectivity index (χ3v) is 4.71. The topological polar surface area (TPSA) is 127 Å². The number of nitrogens with two attached hydrogens (primary N) is 1. The molecule has 1 heterocycles. The first-order chi connectivity index (χ1) is 13.1. The van der Waals surface area contributed by atoms with Crippen molar-refractivity contribution in [1.82, 2.24) is 5.32 Å². The molecule has 0 saturated heterocycles. The molecule has 1 aromatic rings. The van der Waals surface area contributed by atoms with E-state index in [1.807, 2.05) is 32.9 Å². The highest BCUT2D eigenvalue weighted by atomic mass is 16.6. The van der Waals surface area contributed by atoms with Crippen LogP contribution in [0.2, 0.25) is 0 Å². The number of carbonyl (C=O) groups is 2. The van der Waals surface area contributed by atoms with E-state index in [0.29, 0.717) is 12.0 Å². The number of ether oxygens (including phenoxy) is 1. The Morgan fingerprint density at radius 3 is 2.54 bits per heavy atom. The highest BCUT2D eigenvalue weighted by molar-refractivity contribution is 6.02. The third-order valence-electron chi connectivity index (χ3n) is 4.71. The van der Waals surface area contributed by atoms with E-state index in [1.54, 1.807) is 12.1 Å². The lowest BCUT2D eigenvalue weighted by Crippen LogP contribution is -2.41. The summed E-state index contributed by atoms with van der Waals surface area (Å²) in [6, 6.07) is 7.15. The molecule has 0 fully saturated rings. The Morgan fingerprint density at radius 1 is 1.36 bits per heavy atom. The van der Waals surface area contributed by atoms with Crippen LogP contribution < -0.4 is 11.1 Å². The van der Waals surface area contributed by atoms with Gasteiger partial charge in [-0.15, -0.1) is 0 Å². The first-order valence-electron chi connectivity index (χ1n) is 9.14. The molecule has 8 heteroatoms. The summed E-state index contributed by atoms with van der Waals surface area (Å²) in [5, 5.41) is 14.3. The lowest BCUT2D eigenvalue weighted by molar-refractivity contribution is -0.149. The number of oxime groups is 1. The van der Waals surface area contributed by atoms with E-state index in [0.717, 1.165) is 11.3 Å². The number of methoxy groups -OCH3 is 1. The SMILES string of the molecule is COC(=O)C(CNC(=O)CC1CC(c2ccc(C(=N)N)cc2)=NO1)C(C)(C)C. The number of carbonyl (C=O) groups excluding carboxylic acids is 2.